The third-order valence-corrected chi connectivity index (χ3v) is 7.86. The highest BCUT2D eigenvalue weighted by atomic mass is 35.5. The highest BCUT2D eigenvalue weighted by molar-refractivity contribution is 5.95. The molecule has 0 aromatic carbocycles. The number of carbonyl (C=O) groups excluding carboxylic acids is 1. The minimum Gasteiger partial charge on any atom is -0.390 e. The molecule has 6 nitrogen and oxygen atoms in total. The fourth-order valence-corrected chi connectivity index (χ4v) is 7.11. The largest absolute Gasteiger partial charge is 0.390 e. The van der Waals surface area contributed by atoms with Gasteiger partial charge in [-0.3, -0.25) is 9.59 Å². The molecule has 1 amide bonds. The van der Waals surface area contributed by atoms with Gasteiger partial charge >= 0.3 is 0 Å². The summed E-state index contributed by atoms with van der Waals surface area (Å²) < 4.78 is 1.72. The second kappa shape index (κ2) is 7.95. The van der Waals surface area contributed by atoms with Crippen molar-refractivity contribution < 1.29 is 9.90 Å². The van der Waals surface area contributed by atoms with Crippen LogP contribution in [0.1, 0.15) is 67.3 Å². The molecule has 7 heteroatoms. The lowest BCUT2D eigenvalue weighted by molar-refractivity contribution is -0.139. The van der Waals surface area contributed by atoms with Crippen molar-refractivity contribution >= 4 is 18.3 Å². The summed E-state index contributed by atoms with van der Waals surface area (Å²) in [5, 5.41) is 17.6. The van der Waals surface area contributed by atoms with E-state index in [1.165, 1.54) is 6.42 Å². The van der Waals surface area contributed by atoms with Gasteiger partial charge in [0.15, 0.2) is 0 Å². The lowest BCUT2D eigenvalue weighted by atomic mass is 9.51. The summed E-state index contributed by atoms with van der Waals surface area (Å²) in [7, 11) is 0. The molecule has 5 fully saturated rings. The van der Waals surface area contributed by atoms with E-state index in [4.69, 9.17) is 0 Å². The van der Waals surface area contributed by atoms with Crippen molar-refractivity contribution in [1.82, 2.24) is 15.2 Å². The van der Waals surface area contributed by atoms with E-state index in [-0.39, 0.29) is 35.0 Å². The summed E-state index contributed by atoms with van der Waals surface area (Å²) in [6.45, 7) is 4.47. The van der Waals surface area contributed by atoms with Crippen molar-refractivity contribution in [3.63, 3.8) is 0 Å². The van der Waals surface area contributed by atoms with Crippen molar-refractivity contribution in [3.05, 3.63) is 33.7 Å². The summed E-state index contributed by atoms with van der Waals surface area (Å²) >= 11 is 0. The Morgan fingerprint density at radius 2 is 2.03 bits per heavy atom. The predicted molar refractivity (Wildman–Crippen MR) is 118 cm³/mol. The van der Waals surface area contributed by atoms with Gasteiger partial charge in [0.05, 0.1) is 5.60 Å². The Bertz CT molecular complexity index is 863. The Balaban J connectivity index is 0.00000218. The van der Waals surface area contributed by atoms with Crippen molar-refractivity contribution in [2.75, 3.05) is 13.1 Å². The van der Waals surface area contributed by atoms with Crippen LogP contribution in [-0.4, -0.2) is 39.8 Å². The van der Waals surface area contributed by atoms with Gasteiger partial charge in [-0.1, -0.05) is 0 Å². The molecule has 3 atom stereocenters. The van der Waals surface area contributed by atoms with Crippen molar-refractivity contribution in [2.45, 2.75) is 76.0 Å². The van der Waals surface area contributed by atoms with E-state index in [0.29, 0.717) is 30.7 Å². The van der Waals surface area contributed by atoms with Crippen LogP contribution in [0, 0.1) is 24.7 Å². The SMILES string of the molecule is Cc1ccn(CC2CCCNC2)c(=O)c1C(=O)NC12CC3CC(CC(O)(C3)C1)C2.Cl. The molecule has 4 aliphatic carbocycles. The fourth-order valence-electron chi connectivity index (χ4n) is 7.11. The number of rotatable bonds is 4. The number of hydrogen-bond donors (Lipinski definition) is 3. The third kappa shape index (κ3) is 3.94. The molecule has 4 saturated carbocycles. The number of amides is 1. The Morgan fingerprint density at radius 1 is 1.30 bits per heavy atom. The maximum Gasteiger partial charge on any atom is 0.263 e. The van der Waals surface area contributed by atoms with Gasteiger partial charge in [0.1, 0.15) is 5.56 Å². The molecule has 3 unspecified atom stereocenters. The number of aliphatic hydroxyl groups is 1. The molecule has 0 spiro atoms. The molecular weight excluding hydrogens is 402 g/mol. The average Bonchev–Trinajstić information content (AvgIpc) is 2.62. The lowest BCUT2D eigenvalue weighted by Crippen LogP contribution is -2.65. The monoisotopic (exact) mass is 435 g/mol. The van der Waals surface area contributed by atoms with Crippen LogP contribution < -0.4 is 16.2 Å². The quantitative estimate of drug-likeness (QED) is 0.678. The van der Waals surface area contributed by atoms with Gasteiger partial charge < -0.3 is 20.3 Å². The molecule has 30 heavy (non-hydrogen) atoms. The average molecular weight is 436 g/mol. The smallest absolute Gasteiger partial charge is 0.263 e. The van der Waals surface area contributed by atoms with Crippen molar-refractivity contribution in [2.24, 2.45) is 17.8 Å². The highest BCUT2D eigenvalue weighted by Crippen LogP contribution is 2.57. The first-order chi connectivity index (χ1) is 13.8. The van der Waals surface area contributed by atoms with Crippen LogP contribution in [0.15, 0.2) is 17.1 Å². The molecule has 1 aliphatic heterocycles. The molecular formula is C23H34ClN3O3. The number of pyridine rings is 1. The van der Waals surface area contributed by atoms with E-state index < -0.39 is 5.60 Å². The molecule has 1 aromatic rings. The summed E-state index contributed by atoms with van der Waals surface area (Å²) in [5.74, 6) is 1.16. The van der Waals surface area contributed by atoms with Gasteiger partial charge in [0.2, 0.25) is 0 Å². The van der Waals surface area contributed by atoms with E-state index in [2.05, 4.69) is 10.6 Å². The van der Waals surface area contributed by atoms with Gasteiger partial charge in [-0.25, -0.2) is 0 Å². The van der Waals surface area contributed by atoms with Crippen LogP contribution in [0.4, 0.5) is 0 Å². The number of aryl methyl sites for hydroxylation is 1. The zero-order valence-electron chi connectivity index (χ0n) is 17.8. The topological polar surface area (TPSA) is 83.4 Å². The Hall–Kier alpha value is -1.37. The number of nitrogens with one attached hydrogen (secondary N) is 2. The molecule has 4 bridgehead atoms. The van der Waals surface area contributed by atoms with Crippen molar-refractivity contribution in [1.29, 1.82) is 0 Å². The molecule has 2 heterocycles. The van der Waals surface area contributed by atoms with E-state index in [1.54, 1.807) is 4.57 Å². The summed E-state index contributed by atoms with van der Waals surface area (Å²) in [5.41, 5.74) is -0.149. The maximum absolute atomic E-state index is 13.3. The second-order valence-electron chi connectivity index (χ2n) is 10.5. The number of halogens is 1. The number of aromatic nitrogens is 1. The van der Waals surface area contributed by atoms with Crippen LogP contribution in [0.2, 0.25) is 0 Å². The zero-order chi connectivity index (χ0) is 20.2. The molecule has 6 rings (SSSR count). The lowest BCUT2D eigenvalue weighted by Gasteiger charge is -2.60. The van der Waals surface area contributed by atoms with E-state index in [1.807, 2.05) is 19.2 Å². The van der Waals surface area contributed by atoms with Gasteiger partial charge in [-0.2, -0.15) is 0 Å². The minimum absolute atomic E-state index is 0. The Labute approximate surface area is 184 Å². The normalized spacial score (nSPS) is 36.9. The first-order valence-corrected chi connectivity index (χ1v) is 11.3. The number of hydrogen-bond acceptors (Lipinski definition) is 4. The van der Waals surface area contributed by atoms with Crippen LogP contribution in [0.3, 0.4) is 0 Å². The Kier molecular flexibility index (Phi) is 5.79. The highest BCUT2D eigenvalue weighted by Gasteiger charge is 2.57. The standard InChI is InChI=1S/C23H33N3O3.ClH/c1-15-4-6-26(13-16-3-2-5-24-12-16)21(28)19(15)20(27)25-22-8-17-7-18(9-22)11-23(29,10-17)14-22;/h4,6,16-18,24,29H,2-3,5,7-14H2,1H3,(H,25,27);1H. The second-order valence-corrected chi connectivity index (χ2v) is 10.5. The maximum atomic E-state index is 13.3. The van der Waals surface area contributed by atoms with Gasteiger partial charge in [-0.05, 0) is 101 Å². The van der Waals surface area contributed by atoms with Crippen LogP contribution in [0.25, 0.3) is 0 Å². The molecule has 166 valence electrons. The Morgan fingerprint density at radius 3 is 2.67 bits per heavy atom. The molecule has 3 N–H and O–H groups in total. The summed E-state index contributed by atoms with van der Waals surface area (Å²) in [4.78, 5) is 26.5. The van der Waals surface area contributed by atoms with E-state index in [9.17, 15) is 14.7 Å². The predicted octanol–water partition coefficient (Wildman–Crippen LogP) is 2.39. The van der Waals surface area contributed by atoms with Gasteiger partial charge in [0, 0.05) is 18.3 Å². The van der Waals surface area contributed by atoms with Crippen LogP contribution in [0.5, 0.6) is 0 Å². The van der Waals surface area contributed by atoms with Crippen molar-refractivity contribution in [3.8, 4) is 0 Å². The zero-order valence-corrected chi connectivity index (χ0v) is 18.6. The van der Waals surface area contributed by atoms with E-state index >= 15 is 0 Å². The minimum atomic E-state index is -0.628. The summed E-state index contributed by atoms with van der Waals surface area (Å²) in [6, 6.07) is 1.89. The third-order valence-electron chi connectivity index (χ3n) is 7.86. The first-order valence-electron chi connectivity index (χ1n) is 11.3. The van der Waals surface area contributed by atoms with Gasteiger partial charge in [0.25, 0.3) is 11.5 Å². The first kappa shape index (κ1) is 21.8. The molecule has 1 saturated heterocycles. The molecule has 0 radical (unpaired) electrons. The number of piperidine rings is 1. The van der Waals surface area contributed by atoms with Crippen LogP contribution >= 0.6 is 12.4 Å². The van der Waals surface area contributed by atoms with Crippen LogP contribution in [-0.2, 0) is 6.54 Å². The molecule has 5 aliphatic rings. The fraction of sp³-hybridized carbons (Fsp3) is 0.739. The number of nitrogens with zero attached hydrogens (tertiary/aromatic N) is 1. The number of carbonyl (C=O) groups is 1. The summed E-state index contributed by atoms with van der Waals surface area (Å²) in [6.07, 6.45) is 9.49. The van der Waals surface area contributed by atoms with E-state index in [0.717, 1.165) is 57.2 Å². The van der Waals surface area contributed by atoms with Gasteiger partial charge in [-0.15, -0.1) is 12.4 Å². The molecule has 1 aromatic heterocycles.